The molecule has 4 nitrogen and oxygen atoms in total. The van der Waals surface area contributed by atoms with Crippen molar-refractivity contribution in [3.8, 4) is 0 Å². The van der Waals surface area contributed by atoms with Crippen LogP contribution in [0.1, 0.15) is 17.5 Å². The van der Waals surface area contributed by atoms with Crippen molar-refractivity contribution in [2.75, 3.05) is 13.1 Å². The Labute approximate surface area is 124 Å². The number of carbonyl (C=O) groups is 1. The average Bonchev–Trinajstić information content (AvgIpc) is 2.78. The topological polar surface area (TPSA) is 61.4 Å². The van der Waals surface area contributed by atoms with E-state index in [1.54, 1.807) is 6.07 Å². The van der Waals surface area contributed by atoms with Gasteiger partial charge in [-0.1, -0.05) is 6.07 Å². The highest BCUT2D eigenvalue weighted by Gasteiger charge is 2.27. The zero-order chi connectivity index (χ0) is 13.8. The van der Waals surface area contributed by atoms with Crippen LogP contribution in [0.2, 0.25) is 0 Å². The monoisotopic (exact) mass is 302 g/mol. The van der Waals surface area contributed by atoms with Gasteiger partial charge in [-0.3, -0.25) is 4.79 Å². The second-order valence-electron chi connectivity index (χ2n) is 4.96. The van der Waals surface area contributed by atoms with Crippen LogP contribution in [0, 0.1) is 12.7 Å². The third-order valence-electron chi connectivity index (χ3n) is 3.42. The predicted molar refractivity (Wildman–Crippen MR) is 77.5 cm³/mol. The molecule has 0 aliphatic carbocycles. The Morgan fingerprint density at radius 3 is 2.90 bits per heavy atom. The standard InChI is InChI=1S/C14H19FN2O2.ClH/c1-9-6-11(15)3-2-10(9)4-5-16-14(19)13-7-12(18)8-17-13;/h2-3,6,12-13,17-18H,4-5,7-8H2,1H3,(H,16,19);1H. The lowest BCUT2D eigenvalue weighted by Crippen LogP contribution is -2.41. The van der Waals surface area contributed by atoms with Crippen LogP contribution in [-0.4, -0.2) is 36.2 Å². The molecule has 2 atom stereocenters. The van der Waals surface area contributed by atoms with Gasteiger partial charge in [0.05, 0.1) is 12.1 Å². The molecule has 1 aliphatic rings. The fourth-order valence-corrected chi connectivity index (χ4v) is 2.30. The van der Waals surface area contributed by atoms with Gasteiger partial charge in [0.2, 0.25) is 5.91 Å². The van der Waals surface area contributed by atoms with Crippen LogP contribution in [0.3, 0.4) is 0 Å². The largest absolute Gasteiger partial charge is 0.392 e. The Balaban J connectivity index is 0.00000200. The molecule has 0 aromatic heterocycles. The molecule has 0 saturated carbocycles. The van der Waals surface area contributed by atoms with Crippen molar-refractivity contribution < 1.29 is 14.3 Å². The van der Waals surface area contributed by atoms with Gasteiger partial charge < -0.3 is 15.7 Å². The van der Waals surface area contributed by atoms with Crippen molar-refractivity contribution in [2.45, 2.75) is 31.9 Å². The third kappa shape index (κ3) is 4.44. The molecule has 2 unspecified atom stereocenters. The van der Waals surface area contributed by atoms with Crippen LogP contribution in [0.15, 0.2) is 18.2 Å². The summed E-state index contributed by atoms with van der Waals surface area (Å²) in [6.07, 6.45) is 0.698. The Kier molecular flexibility index (Phi) is 6.39. The number of benzene rings is 1. The lowest BCUT2D eigenvalue weighted by molar-refractivity contribution is -0.122. The number of β-amino-alcohol motifs (C(OH)–C–C–N with tert-alkyl or cyclic N) is 1. The molecule has 1 fully saturated rings. The summed E-state index contributed by atoms with van der Waals surface area (Å²) in [4.78, 5) is 11.8. The van der Waals surface area contributed by atoms with Crippen LogP contribution >= 0.6 is 12.4 Å². The lowest BCUT2D eigenvalue weighted by Gasteiger charge is -2.11. The van der Waals surface area contributed by atoms with E-state index in [9.17, 15) is 14.3 Å². The number of aliphatic hydroxyl groups is 1. The molecule has 2 rings (SSSR count). The first-order valence-corrected chi connectivity index (χ1v) is 6.50. The van der Waals surface area contributed by atoms with Crippen molar-refractivity contribution in [1.29, 1.82) is 0 Å². The number of aryl methyl sites for hydroxylation is 1. The van der Waals surface area contributed by atoms with Crippen LogP contribution in [0.4, 0.5) is 4.39 Å². The number of hydrogen-bond acceptors (Lipinski definition) is 3. The third-order valence-corrected chi connectivity index (χ3v) is 3.42. The van der Waals surface area contributed by atoms with E-state index in [-0.39, 0.29) is 30.2 Å². The van der Waals surface area contributed by atoms with Crippen LogP contribution in [-0.2, 0) is 11.2 Å². The number of hydrogen-bond donors (Lipinski definition) is 3. The predicted octanol–water partition coefficient (Wildman–Crippen LogP) is 0.937. The number of rotatable bonds is 4. The zero-order valence-corrected chi connectivity index (χ0v) is 12.2. The summed E-state index contributed by atoms with van der Waals surface area (Å²) in [7, 11) is 0. The summed E-state index contributed by atoms with van der Waals surface area (Å²) >= 11 is 0. The second-order valence-corrected chi connectivity index (χ2v) is 4.96. The molecule has 6 heteroatoms. The molecule has 20 heavy (non-hydrogen) atoms. The summed E-state index contributed by atoms with van der Waals surface area (Å²) in [5, 5.41) is 15.1. The van der Waals surface area contributed by atoms with E-state index in [0.29, 0.717) is 25.9 Å². The van der Waals surface area contributed by atoms with Gasteiger partial charge in [-0.2, -0.15) is 0 Å². The first-order valence-electron chi connectivity index (χ1n) is 6.50. The van der Waals surface area contributed by atoms with Crippen LogP contribution in [0.5, 0.6) is 0 Å². The summed E-state index contributed by atoms with van der Waals surface area (Å²) in [6, 6.07) is 4.36. The Bertz CT molecular complexity index is 470. The quantitative estimate of drug-likeness (QED) is 0.776. The van der Waals surface area contributed by atoms with Crippen molar-refractivity contribution >= 4 is 18.3 Å². The molecule has 1 aliphatic heterocycles. The van der Waals surface area contributed by atoms with Gasteiger partial charge in [0, 0.05) is 13.1 Å². The highest BCUT2D eigenvalue weighted by Crippen LogP contribution is 2.10. The molecule has 1 saturated heterocycles. The van der Waals surface area contributed by atoms with E-state index < -0.39 is 6.10 Å². The summed E-state index contributed by atoms with van der Waals surface area (Å²) < 4.78 is 12.9. The minimum absolute atomic E-state index is 0. The van der Waals surface area contributed by atoms with Crippen molar-refractivity contribution in [1.82, 2.24) is 10.6 Å². The number of nitrogens with one attached hydrogen (secondary N) is 2. The number of carbonyl (C=O) groups excluding carboxylic acids is 1. The Morgan fingerprint density at radius 1 is 1.55 bits per heavy atom. The van der Waals surface area contributed by atoms with Gasteiger partial charge >= 0.3 is 0 Å². The van der Waals surface area contributed by atoms with Gasteiger partial charge in [0.25, 0.3) is 0 Å². The molecule has 0 bridgehead atoms. The Morgan fingerprint density at radius 2 is 2.30 bits per heavy atom. The summed E-state index contributed by atoms with van der Waals surface area (Å²) in [5.41, 5.74) is 1.92. The minimum Gasteiger partial charge on any atom is -0.392 e. The van der Waals surface area contributed by atoms with Crippen LogP contribution in [0.25, 0.3) is 0 Å². The van der Waals surface area contributed by atoms with Crippen molar-refractivity contribution in [2.24, 2.45) is 0 Å². The molecule has 1 amide bonds. The maximum Gasteiger partial charge on any atom is 0.237 e. The molecule has 1 heterocycles. The molecule has 3 N–H and O–H groups in total. The van der Waals surface area contributed by atoms with Gasteiger partial charge in [-0.05, 0) is 43.0 Å². The molecule has 1 aromatic carbocycles. The van der Waals surface area contributed by atoms with E-state index in [1.165, 1.54) is 12.1 Å². The molecule has 112 valence electrons. The normalized spacial score (nSPS) is 21.4. The first-order chi connectivity index (χ1) is 9.06. The van der Waals surface area contributed by atoms with Gasteiger partial charge in [0.15, 0.2) is 0 Å². The highest BCUT2D eigenvalue weighted by atomic mass is 35.5. The maximum atomic E-state index is 12.9. The minimum atomic E-state index is -0.435. The second kappa shape index (κ2) is 7.57. The molecular formula is C14H20ClFN2O2. The fraction of sp³-hybridized carbons (Fsp3) is 0.500. The van der Waals surface area contributed by atoms with E-state index in [0.717, 1.165) is 11.1 Å². The van der Waals surface area contributed by atoms with E-state index in [2.05, 4.69) is 10.6 Å². The summed E-state index contributed by atoms with van der Waals surface area (Å²) in [6.45, 7) is 2.84. The van der Waals surface area contributed by atoms with Gasteiger partial charge in [0.1, 0.15) is 5.82 Å². The van der Waals surface area contributed by atoms with Crippen molar-refractivity contribution in [3.63, 3.8) is 0 Å². The lowest BCUT2D eigenvalue weighted by atomic mass is 10.1. The van der Waals surface area contributed by atoms with E-state index in [4.69, 9.17) is 0 Å². The molecular weight excluding hydrogens is 283 g/mol. The van der Waals surface area contributed by atoms with Gasteiger partial charge in [-0.25, -0.2) is 4.39 Å². The molecule has 0 radical (unpaired) electrons. The zero-order valence-electron chi connectivity index (χ0n) is 11.4. The average molecular weight is 303 g/mol. The first kappa shape index (κ1) is 16.9. The fourth-order valence-electron chi connectivity index (χ4n) is 2.30. The van der Waals surface area contributed by atoms with E-state index >= 15 is 0 Å². The summed E-state index contributed by atoms with van der Waals surface area (Å²) in [5.74, 6) is -0.328. The van der Waals surface area contributed by atoms with Crippen LogP contribution < -0.4 is 10.6 Å². The number of halogens is 2. The van der Waals surface area contributed by atoms with Crippen molar-refractivity contribution in [3.05, 3.63) is 35.1 Å². The number of aliphatic hydroxyl groups excluding tert-OH is 1. The smallest absolute Gasteiger partial charge is 0.237 e. The van der Waals surface area contributed by atoms with E-state index in [1.807, 2.05) is 6.92 Å². The molecule has 1 aromatic rings. The maximum absolute atomic E-state index is 12.9. The van der Waals surface area contributed by atoms with Gasteiger partial charge in [-0.15, -0.1) is 12.4 Å². The Hall–Kier alpha value is -1.17. The SMILES string of the molecule is Cc1cc(F)ccc1CCNC(=O)C1CC(O)CN1.Cl. The molecule has 0 spiro atoms. The number of amides is 1. The highest BCUT2D eigenvalue weighted by molar-refractivity contribution is 5.85.